The van der Waals surface area contributed by atoms with Crippen LogP contribution in [0.1, 0.15) is 49.8 Å². The third-order valence-electron chi connectivity index (χ3n) is 3.97. The summed E-state index contributed by atoms with van der Waals surface area (Å²) in [6.07, 6.45) is 2.56. The minimum absolute atomic E-state index is 0.179. The summed E-state index contributed by atoms with van der Waals surface area (Å²) >= 11 is 6.07. The van der Waals surface area contributed by atoms with Crippen molar-refractivity contribution in [2.45, 2.75) is 45.6 Å². The van der Waals surface area contributed by atoms with E-state index in [0.29, 0.717) is 24.5 Å². The lowest BCUT2D eigenvalue weighted by Gasteiger charge is -2.21. The molecule has 0 radical (unpaired) electrons. The van der Waals surface area contributed by atoms with E-state index in [0.717, 1.165) is 29.7 Å². The predicted octanol–water partition coefficient (Wildman–Crippen LogP) is 5.89. The molecule has 2 aromatic rings. The van der Waals surface area contributed by atoms with Gasteiger partial charge in [-0.25, -0.2) is 0 Å². The zero-order valence-corrected chi connectivity index (χ0v) is 15.6. The highest BCUT2D eigenvalue weighted by Crippen LogP contribution is 2.29. The molecule has 2 rings (SSSR count). The second-order valence-corrected chi connectivity index (χ2v) is 6.47. The van der Waals surface area contributed by atoms with Gasteiger partial charge in [-0.1, -0.05) is 49.2 Å². The summed E-state index contributed by atoms with van der Waals surface area (Å²) in [6.45, 7) is 4.56. The number of carbonyl (C=O) groups is 1. The van der Waals surface area contributed by atoms with Gasteiger partial charge in [0.15, 0.2) is 0 Å². The van der Waals surface area contributed by atoms with Crippen molar-refractivity contribution in [2.75, 3.05) is 6.61 Å². The highest BCUT2D eigenvalue weighted by atomic mass is 35.5. The van der Waals surface area contributed by atoms with Crippen LogP contribution in [0.4, 0.5) is 0 Å². The Morgan fingerprint density at radius 1 is 1.16 bits per heavy atom. The van der Waals surface area contributed by atoms with Gasteiger partial charge < -0.3 is 9.47 Å². The molecule has 0 aliphatic rings. The summed E-state index contributed by atoms with van der Waals surface area (Å²) in [5, 5.41) is 0.693. The largest absolute Gasteiger partial charge is 0.486 e. The van der Waals surface area contributed by atoms with Crippen molar-refractivity contribution in [3.8, 4) is 5.75 Å². The van der Waals surface area contributed by atoms with Gasteiger partial charge in [-0.2, -0.15) is 0 Å². The molecule has 0 N–H and O–H groups in total. The van der Waals surface area contributed by atoms with Gasteiger partial charge in [-0.15, -0.1) is 0 Å². The van der Waals surface area contributed by atoms with E-state index in [1.807, 2.05) is 55.5 Å². The van der Waals surface area contributed by atoms with Crippen LogP contribution in [0.15, 0.2) is 48.5 Å². The van der Waals surface area contributed by atoms with Crippen molar-refractivity contribution < 1.29 is 14.3 Å². The molecule has 4 heteroatoms. The molecule has 0 saturated heterocycles. The molecule has 2 aromatic carbocycles. The first-order valence-corrected chi connectivity index (χ1v) is 9.11. The second kappa shape index (κ2) is 10.1. The van der Waals surface area contributed by atoms with Gasteiger partial charge in [-0.05, 0) is 55.2 Å². The molecule has 25 heavy (non-hydrogen) atoms. The number of esters is 1. The predicted molar refractivity (Wildman–Crippen MR) is 101 cm³/mol. The maximum atomic E-state index is 11.9. The normalized spacial score (nSPS) is 11.8. The maximum Gasteiger partial charge on any atom is 0.305 e. The van der Waals surface area contributed by atoms with E-state index in [-0.39, 0.29) is 12.1 Å². The van der Waals surface area contributed by atoms with Crippen LogP contribution >= 0.6 is 11.6 Å². The van der Waals surface area contributed by atoms with Crippen molar-refractivity contribution in [3.05, 3.63) is 64.7 Å². The lowest BCUT2D eigenvalue weighted by Crippen LogP contribution is -2.13. The molecule has 0 heterocycles. The highest BCUT2D eigenvalue weighted by Gasteiger charge is 2.18. The number of para-hydroxylation sites is 1. The van der Waals surface area contributed by atoms with Gasteiger partial charge in [0.1, 0.15) is 11.9 Å². The van der Waals surface area contributed by atoms with E-state index in [4.69, 9.17) is 21.1 Å². The molecular formula is C21H25ClO3. The van der Waals surface area contributed by atoms with Crippen molar-refractivity contribution in [3.63, 3.8) is 0 Å². The number of halogens is 1. The standard InChI is InChI=1S/C21H25ClO3/c1-3-4-14-24-21(23)13-12-20(25-18-8-6-5-7-9-18)19-11-10-17(22)15-16(19)2/h5-11,15,20H,3-4,12-14H2,1-2H3. The number of ether oxygens (including phenoxy) is 2. The number of benzene rings is 2. The van der Waals surface area contributed by atoms with Crippen molar-refractivity contribution in [1.82, 2.24) is 0 Å². The molecule has 0 spiro atoms. The molecule has 0 saturated carbocycles. The Hall–Kier alpha value is -2.00. The minimum atomic E-state index is -0.224. The first kappa shape index (κ1) is 19.3. The highest BCUT2D eigenvalue weighted by molar-refractivity contribution is 6.30. The molecule has 0 amide bonds. The van der Waals surface area contributed by atoms with Crippen LogP contribution in [0.3, 0.4) is 0 Å². The van der Waals surface area contributed by atoms with Crippen LogP contribution < -0.4 is 4.74 Å². The molecule has 0 fully saturated rings. The summed E-state index contributed by atoms with van der Waals surface area (Å²) in [4.78, 5) is 11.9. The lowest BCUT2D eigenvalue weighted by atomic mass is 9.99. The lowest BCUT2D eigenvalue weighted by molar-refractivity contribution is -0.144. The fourth-order valence-electron chi connectivity index (χ4n) is 2.59. The average Bonchev–Trinajstić information content (AvgIpc) is 2.60. The third-order valence-corrected chi connectivity index (χ3v) is 4.21. The summed E-state index contributed by atoms with van der Waals surface area (Å²) in [6, 6.07) is 15.4. The molecule has 0 aliphatic heterocycles. The number of rotatable bonds is 9. The van der Waals surface area contributed by atoms with Gasteiger partial charge in [0.25, 0.3) is 0 Å². The number of hydrogen-bond donors (Lipinski definition) is 0. The average molecular weight is 361 g/mol. The quantitative estimate of drug-likeness (QED) is 0.413. The molecular weight excluding hydrogens is 336 g/mol. The summed E-state index contributed by atoms with van der Waals surface area (Å²) in [5.41, 5.74) is 2.09. The maximum absolute atomic E-state index is 11.9. The van der Waals surface area contributed by atoms with Crippen molar-refractivity contribution in [1.29, 1.82) is 0 Å². The fourth-order valence-corrected chi connectivity index (χ4v) is 2.82. The molecule has 0 aromatic heterocycles. The first-order valence-electron chi connectivity index (χ1n) is 8.73. The van der Waals surface area contributed by atoms with Gasteiger partial charge in [0.2, 0.25) is 0 Å². The molecule has 0 aliphatic carbocycles. The van der Waals surface area contributed by atoms with E-state index in [2.05, 4.69) is 6.92 Å². The Labute approximate surface area is 154 Å². The number of aryl methyl sites for hydroxylation is 1. The first-order chi connectivity index (χ1) is 12.1. The van der Waals surface area contributed by atoms with Crippen LogP contribution in [-0.4, -0.2) is 12.6 Å². The smallest absolute Gasteiger partial charge is 0.305 e. The molecule has 3 nitrogen and oxygen atoms in total. The Morgan fingerprint density at radius 2 is 1.92 bits per heavy atom. The Kier molecular flexibility index (Phi) is 7.80. The van der Waals surface area contributed by atoms with Crippen LogP contribution in [0, 0.1) is 6.92 Å². The summed E-state index contributed by atoms with van der Waals surface area (Å²) in [5.74, 6) is 0.600. The fraction of sp³-hybridized carbons (Fsp3) is 0.381. The topological polar surface area (TPSA) is 35.5 Å². The van der Waals surface area contributed by atoms with E-state index >= 15 is 0 Å². The molecule has 1 unspecified atom stereocenters. The van der Waals surface area contributed by atoms with Gasteiger partial charge >= 0.3 is 5.97 Å². The summed E-state index contributed by atoms with van der Waals surface area (Å²) in [7, 11) is 0. The Bertz CT molecular complexity index is 670. The number of hydrogen-bond acceptors (Lipinski definition) is 3. The van der Waals surface area contributed by atoms with Crippen molar-refractivity contribution >= 4 is 17.6 Å². The van der Waals surface area contributed by atoms with E-state index < -0.39 is 0 Å². The van der Waals surface area contributed by atoms with Gasteiger partial charge in [0.05, 0.1) is 6.61 Å². The van der Waals surface area contributed by atoms with Gasteiger partial charge in [-0.3, -0.25) is 4.79 Å². The zero-order valence-electron chi connectivity index (χ0n) is 14.8. The molecule has 0 bridgehead atoms. The van der Waals surface area contributed by atoms with Crippen LogP contribution in [0.25, 0.3) is 0 Å². The Balaban J connectivity index is 2.08. The van der Waals surface area contributed by atoms with Crippen LogP contribution in [-0.2, 0) is 9.53 Å². The number of unbranched alkanes of at least 4 members (excludes halogenated alkanes) is 1. The van der Waals surface area contributed by atoms with Crippen molar-refractivity contribution in [2.24, 2.45) is 0 Å². The molecule has 134 valence electrons. The summed E-state index contributed by atoms with van der Waals surface area (Å²) < 4.78 is 11.4. The van der Waals surface area contributed by atoms with Crippen LogP contribution in [0.2, 0.25) is 5.02 Å². The third kappa shape index (κ3) is 6.43. The number of carbonyl (C=O) groups excluding carboxylic acids is 1. The van der Waals surface area contributed by atoms with Crippen LogP contribution in [0.5, 0.6) is 5.75 Å². The molecule has 1 atom stereocenters. The zero-order chi connectivity index (χ0) is 18.1. The second-order valence-electron chi connectivity index (χ2n) is 6.03. The van der Waals surface area contributed by atoms with E-state index in [1.54, 1.807) is 0 Å². The Morgan fingerprint density at radius 3 is 2.60 bits per heavy atom. The van der Waals surface area contributed by atoms with E-state index in [9.17, 15) is 4.79 Å². The van der Waals surface area contributed by atoms with Gasteiger partial charge in [0, 0.05) is 11.4 Å². The minimum Gasteiger partial charge on any atom is -0.486 e. The van der Waals surface area contributed by atoms with E-state index in [1.165, 1.54) is 0 Å². The SMILES string of the molecule is CCCCOC(=O)CCC(Oc1ccccc1)c1ccc(Cl)cc1C. The monoisotopic (exact) mass is 360 g/mol.